The quantitative estimate of drug-likeness (QED) is 0.819. The fourth-order valence-corrected chi connectivity index (χ4v) is 1.56. The first-order valence-corrected chi connectivity index (χ1v) is 5.70. The summed E-state index contributed by atoms with van der Waals surface area (Å²) in [5, 5.41) is 5.75. The number of likely N-dealkylation sites (N-methyl/N-ethyl adjacent to an activating group) is 1. The van der Waals surface area contributed by atoms with Crippen molar-refractivity contribution in [3.63, 3.8) is 0 Å². The molecule has 0 atom stereocenters. The van der Waals surface area contributed by atoms with Crippen LogP contribution >= 0.6 is 0 Å². The Balaban J connectivity index is 1.99. The van der Waals surface area contributed by atoms with Crippen molar-refractivity contribution in [2.75, 3.05) is 31.6 Å². The molecule has 0 radical (unpaired) electrons. The Morgan fingerprint density at radius 2 is 2.06 bits per heavy atom. The van der Waals surface area contributed by atoms with Gasteiger partial charge in [-0.25, -0.2) is 0 Å². The van der Waals surface area contributed by atoms with E-state index in [0.29, 0.717) is 25.5 Å². The summed E-state index contributed by atoms with van der Waals surface area (Å²) in [5.41, 5.74) is 0.720. The highest BCUT2D eigenvalue weighted by Crippen LogP contribution is 2.32. The van der Waals surface area contributed by atoms with Crippen LogP contribution in [0.25, 0.3) is 0 Å². The fourth-order valence-electron chi connectivity index (χ4n) is 1.56. The Morgan fingerprint density at radius 1 is 1.29 bits per heavy atom. The van der Waals surface area contributed by atoms with Crippen LogP contribution in [0.15, 0.2) is 18.2 Å². The first-order valence-electron chi connectivity index (χ1n) is 5.70. The standard InChI is InChI=1S/C12H16N2O3/c1-2-13-8-12(15)14-9-3-4-10-11(7-9)17-6-5-16-10/h3-4,7,13H,2,5-6,8H2,1H3,(H,14,15). The van der Waals surface area contributed by atoms with E-state index in [4.69, 9.17) is 9.47 Å². The molecule has 1 aliphatic heterocycles. The van der Waals surface area contributed by atoms with Crippen LogP contribution in [0.4, 0.5) is 5.69 Å². The third kappa shape index (κ3) is 3.10. The van der Waals surface area contributed by atoms with Crippen LogP contribution in [0, 0.1) is 0 Å². The largest absolute Gasteiger partial charge is 0.486 e. The van der Waals surface area contributed by atoms with E-state index in [2.05, 4.69) is 10.6 Å². The second-order valence-corrected chi connectivity index (χ2v) is 3.69. The van der Waals surface area contributed by atoms with Gasteiger partial charge in [0.25, 0.3) is 0 Å². The number of rotatable bonds is 4. The van der Waals surface area contributed by atoms with Crippen LogP contribution < -0.4 is 20.1 Å². The third-order valence-corrected chi connectivity index (χ3v) is 2.36. The van der Waals surface area contributed by atoms with Gasteiger partial charge in [-0.3, -0.25) is 4.79 Å². The Bertz CT molecular complexity index is 407. The zero-order chi connectivity index (χ0) is 12.1. The summed E-state index contributed by atoms with van der Waals surface area (Å²) in [7, 11) is 0. The van der Waals surface area contributed by atoms with Crippen LogP contribution in [0.3, 0.4) is 0 Å². The van der Waals surface area contributed by atoms with E-state index in [1.807, 2.05) is 6.92 Å². The molecule has 0 saturated carbocycles. The molecule has 17 heavy (non-hydrogen) atoms. The van der Waals surface area contributed by atoms with Crippen LogP contribution in [-0.2, 0) is 4.79 Å². The highest BCUT2D eigenvalue weighted by Gasteiger charge is 2.12. The number of hydrogen-bond donors (Lipinski definition) is 2. The summed E-state index contributed by atoms with van der Waals surface area (Å²) in [6, 6.07) is 5.38. The number of hydrogen-bond acceptors (Lipinski definition) is 4. The molecular formula is C12H16N2O3. The third-order valence-electron chi connectivity index (χ3n) is 2.36. The van der Waals surface area contributed by atoms with Crippen molar-refractivity contribution in [1.82, 2.24) is 5.32 Å². The van der Waals surface area contributed by atoms with Crippen molar-refractivity contribution in [3.05, 3.63) is 18.2 Å². The molecule has 1 aliphatic rings. The summed E-state index contributed by atoms with van der Waals surface area (Å²) >= 11 is 0. The van der Waals surface area contributed by atoms with Crippen molar-refractivity contribution >= 4 is 11.6 Å². The molecule has 92 valence electrons. The highest BCUT2D eigenvalue weighted by molar-refractivity contribution is 5.92. The zero-order valence-electron chi connectivity index (χ0n) is 9.79. The fraction of sp³-hybridized carbons (Fsp3) is 0.417. The van der Waals surface area contributed by atoms with Crippen molar-refractivity contribution in [1.29, 1.82) is 0 Å². The van der Waals surface area contributed by atoms with Gasteiger partial charge in [-0.15, -0.1) is 0 Å². The number of amides is 1. The molecule has 0 bridgehead atoms. The summed E-state index contributed by atoms with van der Waals surface area (Å²) in [4.78, 5) is 11.5. The van der Waals surface area contributed by atoms with Gasteiger partial charge in [-0.1, -0.05) is 6.92 Å². The van der Waals surface area contributed by atoms with E-state index in [0.717, 1.165) is 18.0 Å². The lowest BCUT2D eigenvalue weighted by Crippen LogP contribution is -2.27. The maximum Gasteiger partial charge on any atom is 0.238 e. The van der Waals surface area contributed by atoms with Gasteiger partial charge >= 0.3 is 0 Å². The number of nitrogens with one attached hydrogen (secondary N) is 2. The number of carbonyl (C=O) groups excluding carboxylic acids is 1. The smallest absolute Gasteiger partial charge is 0.238 e. The lowest BCUT2D eigenvalue weighted by Gasteiger charge is -2.19. The first kappa shape index (κ1) is 11.7. The first-order chi connectivity index (χ1) is 8.29. The normalized spacial score (nSPS) is 13.2. The predicted octanol–water partition coefficient (Wildman–Crippen LogP) is 1.01. The van der Waals surface area contributed by atoms with E-state index in [9.17, 15) is 4.79 Å². The molecule has 0 saturated heterocycles. The molecule has 0 fully saturated rings. The average molecular weight is 236 g/mol. The topological polar surface area (TPSA) is 59.6 Å². The van der Waals surface area contributed by atoms with Crippen molar-refractivity contribution < 1.29 is 14.3 Å². The number of carbonyl (C=O) groups is 1. The summed E-state index contributed by atoms with van der Waals surface area (Å²) in [6.07, 6.45) is 0. The van der Waals surface area contributed by atoms with Crippen LogP contribution in [0.5, 0.6) is 11.5 Å². The van der Waals surface area contributed by atoms with Crippen molar-refractivity contribution in [2.45, 2.75) is 6.92 Å². The highest BCUT2D eigenvalue weighted by atomic mass is 16.6. The van der Waals surface area contributed by atoms with Gasteiger partial charge in [0.05, 0.1) is 6.54 Å². The zero-order valence-corrected chi connectivity index (χ0v) is 9.79. The minimum absolute atomic E-state index is 0.0662. The number of fused-ring (bicyclic) bond motifs is 1. The summed E-state index contributed by atoms with van der Waals surface area (Å²) < 4.78 is 10.8. The molecule has 1 aromatic rings. The minimum Gasteiger partial charge on any atom is -0.486 e. The molecule has 1 heterocycles. The lowest BCUT2D eigenvalue weighted by molar-refractivity contribution is -0.115. The van der Waals surface area contributed by atoms with Crippen LogP contribution in [0.2, 0.25) is 0 Å². The Morgan fingerprint density at radius 3 is 2.82 bits per heavy atom. The van der Waals surface area contributed by atoms with Gasteiger partial charge in [0, 0.05) is 11.8 Å². The summed E-state index contributed by atoms with van der Waals surface area (Å²) in [5.74, 6) is 1.34. The molecule has 5 heteroatoms. The molecule has 1 aromatic carbocycles. The van der Waals surface area contributed by atoms with E-state index in [1.165, 1.54) is 0 Å². The SMILES string of the molecule is CCNCC(=O)Nc1ccc2c(c1)OCCO2. The van der Waals surface area contributed by atoms with E-state index >= 15 is 0 Å². The Hall–Kier alpha value is -1.75. The van der Waals surface area contributed by atoms with Crippen LogP contribution in [-0.4, -0.2) is 32.2 Å². The molecule has 0 aromatic heterocycles. The van der Waals surface area contributed by atoms with Gasteiger partial charge in [0.15, 0.2) is 11.5 Å². The van der Waals surface area contributed by atoms with E-state index in [-0.39, 0.29) is 5.91 Å². The molecule has 0 unspecified atom stereocenters. The van der Waals surface area contributed by atoms with Gasteiger partial charge in [-0.2, -0.15) is 0 Å². The Labute approximate surface area is 100 Å². The second kappa shape index (κ2) is 5.54. The van der Waals surface area contributed by atoms with E-state index in [1.54, 1.807) is 18.2 Å². The molecule has 0 spiro atoms. The van der Waals surface area contributed by atoms with Gasteiger partial charge in [0.1, 0.15) is 13.2 Å². The number of anilines is 1. The van der Waals surface area contributed by atoms with E-state index < -0.39 is 0 Å². The lowest BCUT2D eigenvalue weighted by atomic mass is 10.2. The monoisotopic (exact) mass is 236 g/mol. The summed E-state index contributed by atoms with van der Waals surface area (Å²) in [6.45, 7) is 4.15. The van der Waals surface area contributed by atoms with Crippen molar-refractivity contribution in [3.8, 4) is 11.5 Å². The minimum atomic E-state index is -0.0662. The van der Waals surface area contributed by atoms with Gasteiger partial charge in [-0.05, 0) is 18.7 Å². The van der Waals surface area contributed by atoms with Gasteiger partial charge in [0.2, 0.25) is 5.91 Å². The maximum atomic E-state index is 11.5. The second-order valence-electron chi connectivity index (χ2n) is 3.69. The average Bonchev–Trinajstić information content (AvgIpc) is 2.36. The number of ether oxygens (including phenoxy) is 2. The van der Waals surface area contributed by atoms with Crippen molar-refractivity contribution in [2.24, 2.45) is 0 Å². The molecule has 0 aliphatic carbocycles. The molecule has 1 amide bonds. The van der Waals surface area contributed by atoms with Gasteiger partial charge < -0.3 is 20.1 Å². The van der Waals surface area contributed by atoms with Crippen LogP contribution in [0.1, 0.15) is 6.92 Å². The Kier molecular flexibility index (Phi) is 3.82. The molecular weight excluding hydrogens is 220 g/mol. The molecule has 5 nitrogen and oxygen atoms in total. The molecule has 2 rings (SSSR count). The number of benzene rings is 1. The predicted molar refractivity (Wildman–Crippen MR) is 64.6 cm³/mol. The molecule has 2 N–H and O–H groups in total. The maximum absolute atomic E-state index is 11.5.